The van der Waals surface area contributed by atoms with Crippen molar-refractivity contribution in [3.63, 3.8) is 0 Å². The Morgan fingerprint density at radius 1 is 1.28 bits per heavy atom. The normalized spacial score (nSPS) is 17.8. The van der Waals surface area contributed by atoms with Gasteiger partial charge in [0.1, 0.15) is 6.10 Å². The summed E-state index contributed by atoms with van der Waals surface area (Å²) in [5, 5.41) is 11.9. The maximum Gasteiger partial charge on any atom is 0.257 e. The highest BCUT2D eigenvalue weighted by Crippen LogP contribution is 2.22. The average molecular weight is 339 g/mol. The van der Waals surface area contributed by atoms with Gasteiger partial charge in [-0.25, -0.2) is 0 Å². The van der Waals surface area contributed by atoms with Gasteiger partial charge in [-0.15, -0.1) is 0 Å². The minimum absolute atomic E-state index is 0.173. The topological polar surface area (TPSA) is 78.0 Å². The van der Waals surface area contributed by atoms with Gasteiger partial charge in [0.15, 0.2) is 0 Å². The van der Waals surface area contributed by atoms with Crippen LogP contribution in [0.5, 0.6) is 0 Å². The number of morpholine rings is 1. The Bertz CT molecular complexity index is 864. The van der Waals surface area contributed by atoms with Crippen molar-refractivity contribution in [2.24, 2.45) is 0 Å². The van der Waals surface area contributed by atoms with Crippen LogP contribution in [0, 0.1) is 13.8 Å². The molecule has 130 valence electrons. The predicted octanol–water partition coefficient (Wildman–Crippen LogP) is 2.26. The van der Waals surface area contributed by atoms with Crippen molar-refractivity contribution in [1.82, 2.24) is 25.2 Å². The molecule has 0 unspecified atom stereocenters. The standard InChI is InChI=1S/C18H21N5O2/c1-12-8-13(2)23(21-12)11-14-4-3-5-15(9-14)17-20-18(25-22-17)16-10-19-6-7-24-16/h3-5,8-9,16,19H,6-7,10-11H2,1-2H3/t16-/m1/s1. The Balaban J connectivity index is 1.55. The number of hydrogen-bond acceptors (Lipinski definition) is 6. The van der Waals surface area contributed by atoms with Crippen LogP contribution >= 0.6 is 0 Å². The van der Waals surface area contributed by atoms with Crippen LogP contribution in [0.3, 0.4) is 0 Å². The molecular formula is C18H21N5O2. The molecule has 3 heterocycles. The minimum Gasteiger partial charge on any atom is -0.366 e. The zero-order valence-corrected chi connectivity index (χ0v) is 14.4. The molecule has 4 rings (SSSR count). The molecule has 7 nitrogen and oxygen atoms in total. The summed E-state index contributed by atoms with van der Waals surface area (Å²) in [7, 11) is 0. The Morgan fingerprint density at radius 3 is 2.96 bits per heavy atom. The van der Waals surface area contributed by atoms with Gasteiger partial charge in [0.25, 0.3) is 5.89 Å². The molecule has 25 heavy (non-hydrogen) atoms. The molecule has 1 atom stereocenters. The quantitative estimate of drug-likeness (QED) is 0.785. The van der Waals surface area contributed by atoms with Crippen LogP contribution < -0.4 is 5.32 Å². The van der Waals surface area contributed by atoms with Gasteiger partial charge in [-0.2, -0.15) is 10.1 Å². The van der Waals surface area contributed by atoms with Crippen LogP contribution in [0.25, 0.3) is 11.4 Å². The summed E-state index contributed by atoms with van der Waals surface area (Å²) in [5.41, 5.74) is 4.24. The molecule has 3 aromatic rings. The number of benzene rings is 1. The largest absolute Gasteiger partial charge is 0.366 e. The molecule has 0 saturated carbocycles. The second kappa shape index (κ2) is 6.78. The number of nitrogens with one attached hydrogen (secondary N) is 1. The minimum atomic E-state index is -0.173. The van der Waals surface area contributed by atoms with Gasteiger partial charge in [0.2, 0.25) is 5.82 Å². The molecule has 1 N–H and O–H groups in total. The summed E-state index contributed by atoms with van der Waals surface area (Å²) < 4.78 is 13.1. The number of aromatic nitrogens is 4. The second-order valence-electron chi connectivity index (χ2n) is 6.30. The molecule has 2 aromatic heterocycles. The lowest BCUT2D eigenvalue weighted by Gasteiger charge is -2.19. The smallest absolute Gasteiger partial charge is 0.257 e. The second-order valence-corrected chi connectivity index (χ2v) is 6.30. The van der Waals surface area contributed by atoms with Gasteiger partial charge in [0.05, 0.1) is 18.8 Å². The maximum absolute atomic E-state index is 5.66. The van der Waals surface area contributed by atoms with Crippen molar-refractivity contribution in [1.29, 1.82) is 0 Å². The van der Waals surface area contributed by atoms with E-state index in [-0.39, 0.29) is 6.10 Å². The molecule has 0 aliphatic carbocycles. The maximum atomic E-state index is 5.66. The van der Waals surface area contributed by atoms with E-state index in [0.29, 0.717) is 31.4 Å². The first-order chi connectivity index (χ1) is 12.2. The zero-order chi connectivity index (χ0) is 17.2. The van der Waals surface area contributed by atoms with Gasteiger partial charge in [0, 0.05) is 24.3 Å². The summed E-state index contributed by atoms with van der Waals surface area (Å²) in [4.78, 5) is 4.51. The number of nitrogens with zero attached hydrogens (tertiary/aromatic N) is 4. The number of aryl methyl sites for hydroxylation is 2. The Labute approximate surface area is 146 Å². The van der Waals surface area contributed by atoms with Crippen LogP contribution in [0.15, 0.2) is 34.9 Å². The van der Waals surface area contributed by atoms with Gasteiger partial charge in [-0.3, -0.25) is 4.68 Å². The van der Waals surface area contributed by atoms with Crippen molar-refractivity contribution in [3.05, 3.63) is 53.2 Å². The number of hydrogen-bond donors (Lipinski definition) is 1. The van der Waals surface area contributed by atoms with Crippen LogP contribution in [0.4, 0.5) is 0 Å². The summed E-state index contributed by atoms with van der Waals surface area (Å²) in [5.74, 6) is 1.10. The van der Waals surface area contributed by atoms with Gasteiger partial charge in [-0.1, -0.05) is 23.4 Å². The lowest BCUT2D eigenvalue weighted by Crippen LogP contribution is -2.33. The fraction of sp³-hybridized carbons (Fsp3) is 0.389. The lowest BCUT2D eigenvalue weighted by molar-refractivity contribution is 0.00755. The first-order valence-electron chi connectivity index (χ1n) is 8.45. The predicted molar refractivity (Wildman–Crippen MR) is 92.1 cm³/mol. The fourth-order valence-corrected chi connectivity index (χ4v) is 3.02. The third-order valence-corrected chi connectivity index (χ3v) is 4.27. The van der Waals surface area contributed by atoms with Crippen molar-refractivity contribution >= 4 is 0 Å². The van der Waals surface area contributed by atoms with Gasteiger partial charge in [-0.05, 0) is 31.5 Å². The monoisotopic (exact) mass is 339 g/mol. The Hall–Kier alpha value is -2.51. The van der Waals surface area contributed by atoms with Crippen molar-refractivity contribution < 1.29 is 9.26 Å². The van der Waals surface area contributed by atoms with Gasteiger partial charge < -0.3 is 14.6 Å². The highest BCUT2D eigenvalue weighted by atomic mass is 16.5. The summed E-state index contributed by atoms with van der Waals surface area (Å²) in [6.45, 7) is 6.98. The molecule has 0 radical (unpaired) electrons. The van der Waals surface area contributed by atoms with Crippen LogP contribution in [0.2, 0.25) is 0 Å². The molecule has 0 bridgehead atoms. The van der Waals surface area contributed by atoms with Crippen molar-refractivity contribution in [2.45, 2.75) is 26.5 Å². The van der Waals surface area contributed by atoms with E-state index in [1.165, 1.54) is 0 Å². The molecule has 1 aliphatic heterocycles. The number of ether oxygens (including phenoxy) is 1. The van der Waals surface area contributed by atoms with Crippen LogP contribution in [0.1, 0.15) is 28.9 Å². The molecular weight excluding hydrogens is 318 g/mol. The SMILES string of the molecule is Cc1cc(C)n(Cc2cccc(-c3noc([C@H]4CNCCO4)n3)c2)n1. The van der Waals surface area contributed by atoms with E-state index < -0.39 is 0 Å². The van der Waals surface area contributed by atoms with E-state index in [9.17, 15) is 0 Å². The highest BCUT2D eigenvalue weighted by Gasteiger charge is 2.22. The van der Waals surface area contributed by atoms with Crippen molar-refractivity contribution in [3.8, 4) is 11.4 Å². The first kappa shape index (κ1) is 16.0. The van der Waals surface area contributed by atoms with Crippen molar-refractivity contribution in [2.75, 3.05) is 19.7 Å². The highest BCUT2D eigenvalue weighted by molar-refractivity contribution is 5.55. The van der Waals surface area contributed by atoms with E-state index in [1.807, 2.05) is 23.7 Å². The van der Waals surface area contributed by atoms with Gasteiger partial charge >= 0.3 is 0 Å². The Morgan fingerprint density at radius 2 is 2.20 bits per heavy atom. The molecule has 1 saturated heterocycles. The van der Waals surface area contributed by atoms with Crippen LogP contribution in [-0.2, 0) is 11.3 Å². The molecule has 1 aliphatic rings. The van der Waals surface area contributed by atoms with E-state index in [4.69, 9.17) is 9.26 Å². The van der Waals surface area contributed by atoms with E-state index in [0.717, 1.165) is 29.1 Å². The zero-order valence-electron chi connectivity index (χ0n) is 14.4. The van der Waals surface area contributed by atoms with E-state index in [2.05, 4.69) is 45.7 Å². The third-order valence-electron chi connectivity index (χ3n) is 4.27. The summed E-state index contributed by atoms with van der Waals surface area (Å²) in [6, 6.07) is 10.2. The molecule has 0 spiro atoms. The average Bonchev–Trinajstić information content (AvgIpc) is 3.23. The lowest BCUT2D eigenvalue weighted by atomic mass is 10.1. The third kappa shape index (κ3) is 3.47. The molecule has 1 fully saturated rings. The van der Waals surface area contributed by atoms with E-state index >= 15 is 0 Å². The first-order valence-corrected chi connectivity index (χ1v) is 8.45. The van der Waals surface area contributed by atoms with E-state index in [1.54, 1.807) is 0 Å². The molecule has 7 heteroatoms. The summed E-state index contributed by atoms with van der Waals surface area (Å²) in [6.07, 6.45) is -0.173. The van der Waals surface area contributed by atoms with Crippen LogP contribution in [-0.4, -0.2) is 39.6 Å². The summed E-state index contributed by atoms with van der Waals surface area (Å²) >= 11 is 0. The molecule has 1 aromatic carbocycles. The Kier molecular flexibility index (Phi) is 4.33. The molecule has 0 amide bonds. The fourth-order valence-electron chi connectivity index (χ4n) is 3.02. The number of rotatable bonds is 4.